The van der Waals surface area contributed by atoms with Crippen LogP contribution in [0.1, 0.15) is 5.56 Å². The van der Waals surface area contributed by atoms with Gasteiger partial charge in [-0.3, -0.25) is 0 Å². The number of aryl methyl sites for hydroxylation is 1. The molecule has 102 valence electrons. The molecule has 1 heterocycles. The highest BCUT2D eigenvalue weighted by atomic mass is 79.9. The second-order valence-electron chi connectivity index (χ2n) is 5.33. The number of benzene rings is 3. The van der Waals surface area contributed by atoms with Gasteiger partial charge in [0.25, 0.3) is 0 Å². The van der Waals surface area contributed by atoms with Gasteiger partial charge in [-0.2, -0.15) is 0 Å². The van der Waals surface area contributed by atoms with Gasteiger partial charge in [0.15, 0.2) is 0 Å². The van der Waals surface area contributed by atoms with Crippen LogP contribution in [-0.2, 0) is 0 Å². The summed E-state index contributed by atoms with van der Waals surface area (Å²) in [6.45, 7) is 2.13. The lowest BCUT2D eigenvalue weighted by molar-refractivity contribution is 1.45. The molecule has 0 aliphatic carbocycles. The van der Waals surface area contributed by atoms with Gasteiger partial charge in [-0.25, -0.2) is 0 Å². The minimum atomic E-state index is 1.13. The van der Waals surface area contributed by atoms with E-state index in [1.54, 1.807) is 0 Å². The minimum absolute atomic E-state index is 1.13. The molecule has 21 heavy (non-hydrogen) atoms. The van der Waals surface area contributed by atoms with Crippen molar-refractivity contribution in [1.29, 1.82) is 0 Å². The summed E-state index contributed by atoms with van der Waals surface area (Å²) in [5.74, 6) is 0. The van der Waals surface area contributed by atoms with Crippen LogP contribution in [-0.4, -0.2) is 0 Å². The van der Waals surface area contributed by atoms with E-state index in [2.05, 4.69) is 83.5 Å². The summed E-state index contributed by atoms with van der Waals surface area (Å²) < 4.78 is 3.84. The molecule has 0 aliphatic heterocycles. The van der Waals surface area contributed by atoms with E-state index in [1.807, 2.05) is 11.3 Å². The molecule has 0 bridgehead atoms. The van der Waals surface area contributed by atoms with Crippen LogP contribution in [0.2, 0.25) is 0 Å². The van der Waals surface area contributed by atoms with E-state index in [1.165, 1.54) is 36.9 Å². The fourth-order valence-corrected chi connectivity index (χ4v) is 4.50. The van der Waals surface area contributed by atoms with Crippen LogP contribution in [0, 0.1) is 6.92 Å². The Morgan fingerprint density at radius 3 is 2.43 bits per heavy atom. The maximum Gasteiger partial charge on any atom is 0.0355 e. The second-order valence-corrected chi connectivity index (χ2v) is 7.33. The molecule has 0 nitrogen and oxygen atoms in total. The number of fused-ring (bicyclic) bond motifs is 3. The van der Waals surface area contributed by atoms with Gasteiger partial charge in [0.2, 0.25) is 0 Å². The predicted molar refractivity (Wildman–Crippen MR) is 97.2 cm³/mol. The van der Waals surface area contributed by atoms with Crippen molar-refractivity contribution in [3.63, 3.8) is 0 Å². The predicted octanol–water partition coefficient (Wildman–Crippen LogP) is 6.79. The van der Waals surface area contributed by atoms with Crippen molar-refractivity contribution >= 4 is 47.4 Å². The van der Waals surface area contributed by atoms with Gasteiger partial charge in [-0.05, 0) is 53.9 Å². The Hall–Kier alpha value is -1.64. The number of thiophene rings is 1. The van der Waals surface area contributed by atoms with Crippen LogP contribution >= 0.6 is 27.3 Å². The highest BCUT2D eigenvalue weighted by Crippen LogP contribution is 2.36. The van der Waals surface area contributed by atoms with Gasteiger partial charge in [0.1, 0.15) is 0 Å². The Balaban J connectivity index is 1.99. The van der Waals surface area contributed by atoms with Crippen molar-refractivity contribution in [2.75, 3.05) is 0 Å². The normalized spacial score (nSPS) is 11.3. The molecule has 0 radical (unpaired) electrons. The van der Waals surface area contributed by atoms with Crippen molar-refractivity contribution in [2.45, 2.75) is 6.92 Å². The van der Waals surface area contributed by atoms with E-state index < -0.39 is 0 Å². The Labute approximate surface area is 136 Å². The van der Waals surface area contributed by atoms with Crippen molar-refractivity contribution in [2.24, 2.45) is 0 Å². The largest absolute Gasteiger partial charge is 0.135 e. The minimum Gasteiger partial charge on any atom is -0.135 e. The van der Waals surface area contributed by atoms with E-state index in [0.29, 0.717) is 0 Å². The molecule has 0 saturated carbocycles. The number of rotatable bonds is 1. The highest BCUT2D eigenvalue weighted by molar-refractivity contribution is 9.10. The lowest BCUT2D eigenvalue weighted by Crippen LogP contribution is -1.80. The van der Waals surface area contributed by atoms with Gasteiger partial charge in [-0.1, -0.05) is 46.3 Å². The molecule has 0 unspecified atom stereocenters. The van der Waals surface area contributed by atoms with Gasteiger partial charge in [0.05, 0.1) is 0 Å². The van der Waals surface area contributed by atoms with Gasteiger partial charge in [-0.15, -0.1) is 11.3 Å². The molecule has 2 heteroatoms. The SMILES string of the molecule is Cc1cc(Br)cc(-c2ccc3sc4ccccc4c3c2)c1. The quantitative estimate of drug-likeness (QED) is 0.353. The number of hydrogen-bond donors (Lipinski definition) is 0. The molecule has 0 atom stereocenters. The molecule has 3 aromatic carbocycles. The molecule has 0 aliphatic rings. The second kappa shape index (κ2) is 4.97. The molecule has 4 rings (SSSR count). The van der Waals surface area contributed by atoms with E-state index in [9.17, 15) is 0 Å². The van der Waals surface area contributed by atoms with Crippen molar-refractivity contribution in [3.05, 3.63) is 70.7 Å². The maximum absolute atomic E-state index is 3.59. The molecular formula is C19H13BrS. The first-order valence-electron chi connectivity index (χ1n) is 6.89. The van der Waals surface area contributed by atoms with Crippen molar-refractivity contribution in [1.82, 2.24) is 0 Å². The average molecular weight is 353 g/mol. The summed E-state index contributed by atoms with van der Waals surface area (Å²) in [5.41, 5.74) is 3.81. The van der Waals surface area contributed by atoms with E-state index in [-0.39, 0.29) is 0 Å². The third kappa shape index (κ3) is 2.29. The molecule has 0 amide bonds. The van der Waals surface area contributed by atoms with Crippen LogP contribution in [0.3, 0.4) is 0 Å². The zero-order valence-corrected chi connectivity index (χ0v) is 14.0. The van der Waals surface area contributed by atoms with Crippen molar-refractivity contribution < 1.29 is 0 Å². The smallest absolute Gasteiger partial charge is 0.0355 e. The van der Waals surface area contributed by atoms with Crippen LogP contribution in [0.4, 0.5) is 0 Å². The lowest BCUT2D eigenvalue weighted by atomic mass is 10.0. The molecule has 0 N–H and O–H groups in total. The van der Waals surface area contributed by atoms with Gasteiger partial charge >= 0.3 is 0 Å². The fourth-order valence-electron chi connectivity index (χ4n) is 2.81. The van der Waals surface area contributed by atoms with Crippen LogP contribution in [0.15, 0.2) is 65.1 Å². The standard InChI is InChI=1S/C19H13BrS/c1-12-8-14(10-15(20)9-12)13-6-7-19-17(11-13)16-4-2-3-5-18(16)21-19/h2-11H,1H3. The van der Waals surface area contributed by atoms with Crippen LogP contribution in [0.5, 0.6) is 0 Å². The zero-order valence-electron chi connectivity index (χ0n) is 11.6. The van der Waals surface area contributed by atoms with Crippen LogP contribution in [0.25, 0.3) is 31.3 Å². The number of halogens is 1. The van der Waals surface area contributed by atoms with E-state index >= 15 is 0 Å². The van der Waals surface area contributed by atoms with Crippen molar-refractivity contribution in [3.8, 4) is 11.1 Å². The molecule has 0 saturated heterocycles. The summed E-state index contributed by atoms with van der Waals surface area (Å²) in [6.07, 6.45) is 0. The molecule has 1 aromatic heterocycles. The van der Waals surface area contributed by atoms with Gasteiger partial charge in [0, 0.05) is 24.6 Å². The Bertz CT molecular complexity index is 946. The van der Waals surface area contributed by atoms with E-state index in [0.717, 1.165) is 4.47 Å². The maximum atomic E-state index is 3.59. The fraction of sp³-hybridized carbons (Fsp3) is 0.0526. The summed E-state index contributed by atoms with van der Waals surface area (Å²) in [7, 11) is 0. The summed E-state index contributed by atoms with van der Waals surface area (Å²) in [6, 6.07) is 22.0. The zero-order chi connectivity index (χ0) is 14.4. The molecular weight excluding hydrogens is 340 g/mol. The summed E-state index contributed by atoms with van der Waals surface area (Å²) >= 11 is 5.46. The van der Waals surface area contributed by atoms with Crippen LogP contribution < -0.4 is 0 Å². The van der Waals surface area contributed by atoms with Gasteiger partial charge < -0.3 is 0 Å². The third-order valence-corrected chi connectivity index (χ3v) is 5.36. The monoisotopic (exact) mass is 352 g/mol. The Kier molecular flexibility index (Phi) is 3.09. The summed E-state index contributed by atoms with van der Waals surface area (Å²) in [4.78, 5) is 0. The topological polar surface area (TPSA) is 0 Å². The highest BCUT2D eigenvalue weighted by Gasteiger charge is 2.07. The molecule has 0 fully saturated rings. The Morgan fingerprint density at radius 2 is 1.57 bits per heavy atom. The molecule has 4 aromatic rings. The first kappa shape index (κ1) is 13.1. The average Bonchev–Trinajstić information content (AvgIpc) is 2.84. The lowest BCUT2D eigenvalue weighted by Gasteiger charge is -2.05. The number of hydrogen-bond acceptors (Lipinski definition) is 1. The first-order chi connectivity index (χ1) is 10.2. The Morgan fingerprint density at radius 1 is 0.762 bits per heavy atom. The molecule has 0 spiro atoms. The first-order valence-corrected chi connectivity index (χ1v) is 8.50. The van der Waals surface area contributed by atoms with E-state index in [4.69, 9.17) is 0 Å². The third-order valence-electron chi connectivity index (χ3n) is 3.75. The summed E-state index contributed by atoms with van der Waals surface area (Å²) in [5, 5.41) is 2.71.